The fraction of sp³-hybridized carbons (Fsp3) is 0.667. The van der Waals surface area contributed by atoms with Crippen molar-refractivity contribution in [2.45, 2.75) is 63.8 Å². The van der Waals surface area contributed by atoms with E-state index in [1.807, 2.05) is 5.38 Å². The number of aromatic nitrogens is 2. The lowest BCUT2D eigenvalue weighted by Gasteiger charge is -2.22. The maximum atomic E-state index is 13.2. The number of rotatable bonds is 47. The molecular weight excluding hydrogens is 1180 g/mol. The van der Waals surface area contributed by atoms with Crippen molar-refractivity contribution in [1.29, 1.82) is 0 Å². The second-order valence-corrected chi connectivity index (χ2v) is 22.4. The van der Waals surface area contributed by atoms with E-state index in [-0.39, 0.29) is 108 Å². The molecule has 0 aliphatic heterocycles. The van der Waals surface area contributed by atoms with E-state index in [4.69, 9.17) is 56.8 Å². The Morgan fingerprint density at radius 3 is 1.90 bits per heavy atom. The highest BCUT2D eigenvalue weighted by Crippen LogP contribution is 2.52. The minimum Gasteiger partial charge on any atom is -0.496 e. The highest BCUT2D eigenvalue weighted by molar-refractivity contribution is 7.85. The van der Waals surface area contributed by atoms with Crippen molar-refractivity contribution in [2.24, 2.45) is 17.8 Å². The van der Waals surface area contributed by atoms with Gasteiger partial charge >= 0.3 is 6.09 Å². The van der Waals surface area contributed by atoms with E-state index >= 15 is 0 Å². The highest BCUT2D eigenvalue weighted by atomic mass is 32.2. The van der Waals surface area contributed by atoms with Crippen LogP contribution in [0.2, 0.25) is 0 Å². The molecule has 0 spiro atoms. The summed E-state index contributed by atoms with van der Waals surface area (Å²) in [6.07, 6.45) is 6.80. The number of anilines is 1. The second-order valence-electron chi connectivity index (χ2n) is 20.0. The lowest BCUT2D eigenvalue weighted by molar-refractivity contribution is -0.168. The van der Waals surface area contributed by atoms with Gasteiger partial charge in [0.15, 0.2) is 4.96 Å². The van der Waals surface area contributed by atoms with Crippen molar-refractivity contribution in [1.82, 2.24) is 35.3 Å². The average molecular weight is 1270 g/mol. The summed E-state index contributed by atoms with van der Waals surface area (Å²) in [6.45, 7) is 6.13. The number of hydrogen-bond acceptors (Lipinski definition) is 21. The van der Waals surface area contributed by atoms with Gasteiger partial charge in [0, 0.05) is 82.4 Å². The maximum Gasteiger partial charge on any atom is 0.409 e. The van der Waals surface area contributed by atoms with Gasteiger partial charge in [-0.15, -0.1) is 23.2 Å². The first kappa shape index (κ1) is 71.7. The Morgan fingerprint density at radius 2 is 1.33 bits per heavy atom. The predicted molar refractivity (Wildman–Crippen MR) is 317 cm³/mol. The maximum absolute atomic E-state index is 13.2. The Kier molecular flexibility index (Phi) is 33.9. The number of fused-ring (bicyclic) bond motifs is 2. The fourth-order valence-corrected chi connectivity index (χ4v) is 10.3. The number of nitrogens with zero attached hydrogens (tertiary/aromatic N) is 4. The quantitative estimate of drug-likeness (QED) is 0.0235. The smallest absolute Gasteiger partial charge is 0.409 e. The molecule has 1 fully saturated rings. The summed E-state index contributed by atoms with van der Waals surface area (Å²) in [6, 6.07) is 3.60. The first-order valence-electron chi connectivity index (χ1n) is 29.2. The average Bonchev–Trinajstić information content (AvgIpc) is 1.75. The minimum absolute atomic E-state index is 0.00178. The monoisotopic (exact) mass is 1270 g/mol. The Bertz CT molecular complexity index is 2690. The standard InChI is InChI=1S/C57H86N8O20S2/c1-63(76-3)52(67)16-14-48(61-51(66)12-8-17-58-53(68)46-40-43(13-15-50(46)75-2)60-55(70)49-41-65-21-38-86-56(65)62-49)54(69)59-18-22-77-24-26-79-28-30-81-32-34-83-36-37-84-35-33-82-31-29-80-27-25-78-23-20-64(19-9-39-87(72,73)74)57(71)85-42-47-44-10-6-4-5-7-11-45(44)47/h13,15,21,38,40-41,44-45,47-48H,6-12,14,16-20,22-37,39,42H2,1-3H3,(H,58,68)(H,59,69)(H,60,70)(H,61,66)(H,72,73,74)/t44-,45+,47?,48-/m0/s1. The van der Waals surface area contributed by atoms with Gasteiger partial charge in [0.2, 0.25) is 17.7 Å². The van der Waals surface area contributed by atoms with Gasteiger partial charge in [-0.05, 0) is 68.1 Å². The molecule has 486 valence electrons. The number of hydrogen-bond donors (Lipinski definition) is 5. The molecule has 1 saturated carbocycles. The molecule has 6 amide bonds. The van der Waals surface area contributed by atoms with Gasteiger partial charge < -0.3 is 73.5 Å². The van der Waals surface area contributed by atoms with E-state index in [1.165, 1.54) is 43.6 Å². The number of nitrogens with one attached hydrogen (secondary N) is 4. The summed E-state index contributed by atoms with van der Waals surface area (Å²) in [5.41, 5.74) is 0.734. The van der Waals surface area contributed by atoms with E-state index < -0.39 is 51.6 Å². The van der Waals surface area contributed by atoms with Crippen LogP contribution in [0.4, 0.5) is 10.5 Å². The number of carbonyl (C=O) groups excluding carboxylic acids is 6. The van der Waals surface area contributed by atoms with Crippen LogP contribution in [0.5, 0.6) is 5.75 Å². The molecule has 0 radical (unpaired) electrons. The number of amides is 6. The van der Waals surface area contributed by atoms with E-state index in [9.17, 15) is 37.2 Å². The predicted octanol–water partition coefficient (Wildman–Crippen LogP) is 2.86. The van der Waals surface area contributed by atoms with Gasteiger partial charge in [-0.2, -0.15) is 8.42 Å². The normalized spacial score (nSPS) is 15.7. The Labute approximate surface area is 512 Å². The number of benzene rings is 1. The fourth-order valence-electron chi connectivity index (χ4n) is 9.06. The zero-order chi connectivity index (χ0) is 62.5. The number of imidazole rings is 1. The Morgan fingerprint density at radius 1 is 0.747 bits per heavy atom. The molecule has 0 bridgehead atoms. The number of methoxy groups -OCH3 is 1. The molecule has 4 atom stereocenters. The lowest BCUT2D eigenvalue weighted by atomic mass is 10.1. The number of hydroxylamine groups is 2. The lowest BCUT2D eigenvalue weighted by Crippen LogP contribution is -2.48. The molecule has 1 unspecified atom stereocenters. The van der Waals surface area contributed by atoms with Gasteiger partial charge in [0.05, 0.1) is 138 Å². The minimum atomic E-state index is -4.15. The van der Waals surface area contributed by atoms with E-state index in [0.29, 0.717) is 114 Å². The van der Waals surface area contributed by atoms with Crippen molar-refractivity contribution in [3.05, 3.63) is 47.2 Å². The molecule has 3 aromatic rings. The SMILES string of the molecule is COc1ccc(NC(=O)c2cn3ccsc3n2)cc1C(=O)NCCCC(=O)N[C@@H](CCC(=O)N(C)OC)C(=O)NCCOCCOCCOCCOCCOCCOCCOCCOCCN(CCCS(=O)(=O)O)C(=O)OCC1[C@H]2CCC#CCC[C@@H]12. The van der Waals surface area contributed by atoms with Crippen LogP contribution in [0.25, 0.3) is 4.96 Å². The van der Waals surface area contributed by atoms with Crippen LogP contribution in [-0.4, -0.2) is 240 Å². The van der Waals surface area contributed by atoms with E-state index in [2.05, 4.69) is 38.1 Å². The summed E-state index contributed by atoms with van der Waals surface area (Å²) in [5, 5.41) is 13.8. The first-order chi connectivity index (χ1) is 42.2. The summed E-state index contributed by atoms with van der Waals surface area (Å²) in [7, 11) is 0.0409. The molecule has 2 aliphatic rings. The summed E-state index contributed by atoms with van der Waals surface area (Å²) >= 11 is 1.39. The Balaban J connectivity index is 0.802. The molecule has 2 aliphatic carbocycles. The number of thiazole rings is 1. The van der Waals surface area contributed by atoms with Crippen molar-refractivity contribution in [3.8, 4) is 17.6 Å². The van der Waals surface area contributed by atoms with E-state index in [1.54, 1.807) is 28.9 Å². The van der Waals surface area contributed by atoms with Gasteiger partial charge in [0.1, 0.15) is 17.5 Å². The van der Waals surface area contributed by atoms with Crippen molar-refractivity contribution in [3.63, 3.8) is 0 Å². The van der Waals surface area contributed by atoms with E-state index in [0.717, 1.165) is 30.7 Å². The van der Waals surface area contributed by atoms with Crippen molar-refractivity contribution in [2.75, 3.05) is 171 Å². The summed E-state index contributed by atoms with van der Waals surface area (Å²) in [5.74, 6) is 5.25. The van der Waals surface area contributed by atoms with Crippen LogP contribution >= 0.6 is 11.3 Å². The van der Waals surface area contributed by atoms with Crippen LogP contribution in [0.15, 0.2) is 36.0 Å². The van der Waals surface area contributed by atoms with Crippen LogP contribution < -0.4 is 26.0 Å². The molecule has 30 heteroatoms. The molecule has 2 heterocycles. The van der Waals surface area contributed by atoms with Crippen molar-refractivity contribution >= 4 is 67.7 Å². The zero-order valence-electron chi connectivity index (χ0n) is 50.0. The third kappa shape index (κ3) is 28.7. The topological polar surface area (TPSA) is 330 Å². The molecule has 5 rings (SSSR count). The molecule has 5 N–H and O–H groups in total. The molecule has 1 aromatic carbocycles. The summed E-state index contributed by atoms with van der Waals surface area (Å²) in [4.78, 5) is 88.9. The van der Waals surface area contributed by atoms with Gasteiger partial charge in [-0.1, -0.05) is 0 Å². The molecule has 87 heavy (non-hydrogen) atoms. The third-order valence-electron chi connectivity index (χ3n) is 13.8. The van der Waals surface area contributed by atoms with Gasteiger partial charge in [-0.3, -0.25) is 37.8 Å². The first-order valence-corrected chi connectivity index (χ1v) is 31.7. The van der Waals surface area contributed by atoms with Crippen LogP contribution in [-0.2, 0) is 72.0 Å². The Hall–Kier alpha value is -6.08. The van der Waals surface area contributed by atoms with Gasteiger partial charge in [0.25, 0.3) is 21.9 Å². The second kappa shape index (κ2) is 41.2. The third-order valence-corrected chi connectivity index (χ3v) is 15.4. The molecule has 2 aromatic heterocycles. The van der Waals surface area contributed by atoms with Crippen LogP contribution in [0, 0.1) is 29.6 Å². The largest absolute Gasteiger partial charge is 0.496 e. The molecule has 28 nitrogen and oxygen atoms in total. The van der Waals surface area contributed by atoms with Gasteiger partial charge in [-0.25, -0.2) is 14.8 Å². The van der Waals surface area contributed by atoms with Crippen molar-refractivity contribution < 1.29 is 93.9 Å². The number of carbonyl (C=O) groups is 6. The van der Waals surface area contributed by atoms with Crippen LogP contribution in [0.3, 0.4) is 0 Å². The highest BCUT2D eigenvalue weighted by Gasteiger charge is 2.49. The summed E-state index contributed by atoms with van der Waals surface area (Å²) < 4.78 is 88.7. The molecule has 0 saturated heterocycles. The van der Waals surface area contributed by atoms with Crippen LogP contribution in [0.1, 0.15) is 78.6 Å². The molecular formula is C57H86N8O20S2. The zero-order valence-corrected chi connectivity index (χ0v) is 51.6. The number of ether oxygens (including phenoxy) is 10.